The van der Waals surface area contributed by atoms with E-state index in [4.69, 9.17) is 16.7 Å². The maximum absolute atomic E-state index is 9.35. The number of anilines is 1. The number of aromatic nitrogens is 2. The highest BCUT2D eigenvalue weighted by Gasteiger charge is 2.17. The topological polar surface area (TPSA) is 81.8 Å². The summed E-state index contributed by atoms with van der Waals surface area (Å²) in [5.74, 6) is 0.244. The van der Waals surface area contributed by atoms with E-state index < -0.39 is 5.92 Å². The summed E-state index contributed by atoms with van der Waals surface area (Å²) >= 11 is 5.97. The normalized spacial score (nSPS) is 11.7. The van der Waals surface area contributed by atoms with Crippen molar-refractivity contribution in [2.75, 3.05) is 18.5 Å². The predicted octanol–water partition coefficient (Wildman–Crippen LogP) is 2.19. The molecule has 1 aromatic carbocycles. The molecule has 0 bridgehead atoms. The van der Waals surface area contributed by atoms with Crippen molar-refractivity contribution in [1.82, 2.24) is 9.97 Å². The molecule has 0 aliphatic carbocycles. The molecule has 0 fully saturated rings. The van der Waals surface area contributed by atoms with Crippen LogP contribution in [0.25, 0.3) is 0 Å². The van der Waals surface area contributed by atoms with Crippen molar-refractivity contribution >= 4 is 17.4 Å². The Morgan fingerprint density at radius 2 is 2.10 bits per heavy atom. The molecule has 0 radical (unpaired) electrons. The van der Waals surface area contributed by atoms with Gasteiger partial charge >= 0.3 is 0 Å². The number of nitriles is 1. The lowest BCUT2D eigenvalue weighted by molar-refractivity contribution is 0.311. The molecule has 0 saturated carbocycles. The number of aliphatic hydroxyl groups excluding tert-OH is 1. The first kappa shape index (κ1) is 14.3. The molecular formula is C14H13ClN4O. The zero-order valence-corrected chi connectivity index (χ0v) is 11.4. The summed E-state index contributed by atoms with van der Waals surface area (Å²) in [5, 5.41) is 21.4. The minimum atomic E-state index is -0.553. The first-order valence-corrected chi connectivity index (χ1v) is 6.45. The van der Waals surface area contributed by atoms with Crippen molar-refractivity contribution in [2.24, 2.45) is 0 Å². The molecule has 1 aromatic heterocycles. The van der Waals surface area contributed by atoms with Crippen LogP contribution in [0.2, 0.25) is 5.02 Å². The van der Waals surface area contributed by atoms with E-state index in [1.807, 2.05) is 30.3 Å². The van der Waals surface area contributed by atoms with E-state index in [0.717, 1.165) is 5.56 Å². The third kappa shape index (κ3) is 3.23. The molecule has 1 heterocycles. The smallest absolute Gasteiger partial charge is 0.152 e. The number of hydrogen-bond acceptors (Lipinski definition) is 5. The third-order valence-electron chi connectivity index (χ3n) is 2.69. The molecule has 1 unspecified atom stereocenters. The molecule has 2 N–H and O–H groups in total. The minimum Gasteiger partial charge on any atom is -0.395 e. The van der Waals surface area contributed by atoms with Crippen LogP contribution in [-0.4, -0.2) is 28.2 Å². The number of nitrogens with one attached hydrogen (secondary N) is 1. The van der Waals surface area contributed by atoms with Gasteiger partial charge in [0.05, 0.1) is 18.9 Å². The maximum Gasteiger partial charge on any atom is 0.152 e. The Hall–Kier alpha value is -2.16. The fraction of sp³-hybridized carbons (Fsp3) is 0.214. The highest BCUT2D eigenvalue weighted by molar-refractivity contribution is 6.32. The van der Waals surface area contributed by atoms with E-state index in [-0.39, 0.29) is 6.61 Å². The highest BCUT2D eigenvalue weighted by atomic mass is 35.5. The van der Waals surface area contributed by atoms with Gasteiger partial charge in [0, 0.05) is 6.54 Å². The van der Waals surface area contributed by atoms with E-state index in [1.165, 1.54) is 6.20 Å². The van der Waals surface area contributed by atoms with Gasteiger partial charge in [-0.15, -0.1) is 0 Å². The first-order chi connectivity index (χ1) is 9.76. The number of halogens is 1. The Labute approximate surface area is 121 Å². The lowest BCUT2D eigenvalue weighted by Gasteiger charge is -2.11. The summed E-state index contributed by atoms with van der Waals surface area (Å²) in [5.41, 5.74) is 0.824. The molecule has 0 saturated heterocycles. The molecule has 2 aromatic rings. The van der Waals surface area contributed by atoms with Crippen LogP contribution >= 0.6 is 11.6 Å². The van der Waals surface area contributed by atoms with E-state index in [2.05, 4.69) is 21.4 Å². The molecule has 6 heteroatoms. The van der Waals surface area contributed by atoms with Gasteiger partial charge < -0.3 is 10.4 Å². The van der Waals surface area contributed by atoms with E-state index in [9.17, 15) is 5.26 Å². The molecule has 0 aliphatic rings. The minimum absolute atomic E-state index is 0.0317. The second kappa shape index (κ2) is 6.85. The summed E-state index contributed by atoms with van der Waals surface area (Å²) in [4.78, 5) is 8.40. The Morgan fingerprint density at radius 3 is 2.75 bits per heavy atom. The van der Waals surface area contributed by atoms with Crippen LogP contribution in [0.5, 0.6) is 0 Å². The van der Waals surface area contributed by atoms with Crippen LogP contribution in [0.3, 0.4) is 0 Å². The SMILES string of the molecule is N#CC(c1ccccc1)c1ncc(Cl)c(NCCO)n1. The number of nitrogens with zero attached hydrogens (tertiary/aromatic N) is 3. The summed E-state index contributed by atoms with van der Waals surface area (Å²) in [7, 11) is 0. The molecule has 102 valence electrons. The van der Waals surface area contributed by atoms with Crippen LogP contribution in [0, 0.1) is 11.3 Å². The van der Waals surface area contributed by atoms with Crippen molar-refractivity contribution in [3.63, 3.8) is 0 Å². The van der Waals surface area contributed by atoms with Gasteiger partial charge in [-0.3, -0.25) is 0 Å². The van der Waals surface area contributed by atoms with Crippen molar-refractivity contribution in [2.45, 2.75) is 5.92 Å². The van der Waals surface area contributed by atoms with Crippen molar-refractivity contribution in [3.8, 4) is 6.07 Å². The molecule has 1 atom stereocenters. The lowest BCUT2D eigenvalue weighted by atomic mass is 10.00. The van der Waals surface area contributed by atoms with Crippen LogP contribution in [0.15, 0.2) is 36.5 Å². The lowest BCUT2D eigenvalue weighted by Crippen LogP contribution is -2.11. The van der Waals surface area contributed by atoms with Crippen LogP contribution in [0.4, 0.5) is 5.82 Å². The van der Waals surface area contributed by atoms with Crippen LogP contribution in [-0.2, 0) is 0 Å². The molecule has 5 nitrogen and oxygen atoms in total. The van der Waals surface area contributed by atoms with Gasteiger partial charge in [-0.25, -0.2) is 9.97 Å². The Bertz CT molecular complexity index is 612. The highest BCUT2D eigenvalue weighted by Crippen LogP contribution is 2.24. The van der Waals surface area contributed by atoms with Gasteiger partial charge in [0.1, 0.15) is 16.8 Å². The third-order valence-corrected chi connectivity index (χ3v) is 2.96. The monoisotopic (exact) mass is 288 g/mol. The molecular weight excluding hydrogens is 276 g/mol. The van der Waals surface area contributed by atoms with Gasteiger partial charge in [0.15, 0.2) is 5.82 Å². The van der Waals surface area contributed by atoms with Gasteiger partial charge in [-0.05, 0) is 5.56 Å². The van der Waals surface area contributed by atoms with E-state index in [0.29, 0.717) is 23.2 Å². The summed E-state index contributed by atoms with van der Waals surface area (Å²) in [6.07, 6.45) is 1.46. The number of benzene rings is 1. The fourth-order valence-electron chi connectivity index (χ4n) is 1.74. The van der Waals surface area contributed by atoms with Crippen molar-refractivity contribution < 1.29 is 5.11 Å². The molecule has 0 spiro atoms. The summed E-state index contributed by atoms with van der Waals surface area (Å²) < 4.78 is 0. The second-order valence-electron chi connectivity index (χ2n) is 4.05. The summed E-state index contributed by atoms with van der Waals surface area (Å²) in [6, 6.07) is 11.5. The van der Waals surface area contributed by atoms with Crippen molar-refractivity contribution in [1.29, 1.82) is 5.26 Å². The number of rotatable bonds is 5. The number of aliphatic hydroxyl groups is 1. The molecule has 0 amide bonds. The van der Waals surface area contributed by atoms with Crippen LogP contribution < -0.4 is 5.32 Å². The summed E-state index contributed by atoms with van der Waals surface area (Å²) in [6.45, 7) is 0.300. The van der Waals surface area contributed by atoms with E-state index >= 15 is 0 Å². The zero-order chi connectivity index (χ0) is 14.4. The zero-order valence-electron chi connectivity index (χ0n) is 10.6. The molecule has 20 heavy (non-hydrogen) atoms. The van der Waals surface area contributed by atoms with Gasteiger partial charge in [-0.1, -0.05) is 41.9 Å². The quantitative estimate of drug-likeness (QED) is 0.881. The fourth-order valence-corrected chi connectivity index (χ4v) is 1.90. The first-order valence-electron chi connectivity index (χ1n) is 6.08. The van der Waals surface area contributed by atoms with Gasteiger partial charge in [-0.2, -0.15) is 5.26 Å². The Kier molecular flexibility index (Phi) is 4.88. The van der Waals surface area contributed by atoms with E-state index in [1.54, 1.807) is 0 Å². The van der Waals surface area contributed by atoms with Crippen LogP contribution in [0.1, 0.15) is 17.3 Å². The number of hydrogen-bond donors (Lipinski definition) is 2. The van der Waals surface area contributed by atoms with Crippen molar-refractivity contribution in [3.05, 3.63) is 52.9 Å². The molecule has 0 aliphatic heterocycles. The molecule has 2 rings (SSSR count). The average Bonchev–Trinajstić information content (AvgIpc) is 2.49. The second-order valence-corrected chi connectivity index (χ2v) is 4.46. The van der Waals surface area contributed by atoms with Gasteiger partial charge in [0.2, 0.25) is 0 Å². The largest absolute Gasteiger partial charge is 0.395 e. The Morgan fingerprint density at radius 1 is 1.35 bits per heavy atom. The Balaban J connectivity index is 2.34. The average molecular weight is 289 g/mol. The van der Waals surface area contributed by atoms with Gasteiger partial charge in [0.25, 0.3) is 0 Å². The maximum atomic E-state index is 9.35. The standard InChI is InChI=1S/C14H13ClN4O/c15-12-9-18-13(19-14(12)17-6-7-20)11(8-16)10-4-2-1-3-5-10/h1-5,9,11,20H,6-7H2,(H,17,18,19). The predicted molar refractivity (Wildman–Crippen MR) is 76.5 cm³/mol.